The predicted octanol–water partition coefficient (Wildman–Crippen LogP) is 5.29. The maximum absolute atomic E-state index is 10.9. The van der Waals surface area contributed by atoms with Crippen molar-refractivity contribution in [3.05, 3.63) is 90.5 Å². The number of carboxylic acids is 1. The number of rotatable bonds is 5. The van der Waals surface area contributed by atoms with E-state index >= 15 is 0 Å². The molecule has 4 heterocycles. The van der Waals surface area contributed by atoms with Crippen LogP contribution in [0, 0.1) is 6.92 Å². The average molecular weight is 420 g/mol. The lowest BCUT2D eigenvalue weighted by Crippen LogP contribution is -1.99. The molecule has 5 rings (SSSR count). The Morgan fingerprint density at radius 1 is 0.906 bits per heavy atom. The van der Waals surface area contributed by atoms with Gasteiger partial charge in [-0.3, -0.25) is 14.8 Å². The fourth-order valence-electron chi connectivity index (χ4n) is 3.83. The van der Waals surface area contributed by atoms with Crippen molar-refractivity contribution >= 4 is 17.0 Å². The van der Waals surface area contributed by atoms with E-state index in [0.717, 1.165) is 55.9 Å². The zero-order chi connectivity index (χ0) is 22.1. The van der Waals surface area contributed by atoms with Gasteiger partial charge >= 0.3 is 5.97 Å². The number of benzene rings is 1. The fourth-order valence-corrected chi connectivity index (χ4v) is 3.83. The van der Waals surface area contributed by atoms with E-state index in [9.17, 15) is 4.79 Å². The van der Waals surface area contributed by atoms with Crippen LogP contribution in [0.5, 0.6) is 0 Å². The highest BCUT2D eigenvalue weighted by Gasteiger charge is 2.13. The number of aromatic nitrogens is 4. The quantitative estimate of drug-likeness (QED) is 0.403. The van der Waals surface area contributed by atoms with Crippen LogP contribution in [0.2, 0.25) is 0 Å². The molecular formula is C26H20N4O2. The van der Waals surface area contributed by atoms with Crippen LogP contribution >= 0.6 is 0 Å². The van der Waals surface area contributed by atoms with E-state index in [4.69, 9.17) is 10.1 Å². The second kappa shape index (κ2) is 8.07. The van der Waals surface area contributed by atoms with E-state index in [1.807, 2.05) is 74.0 Å². The Hall–Kier alpha value is -4.32. The molecule has 4 aromatic heterocycles. The molecule has 0 unspecified atom stereocenters. The molecule has 5 aromatic rings. The van der Waals surface area contributed by atoms with Crippen molar-refractivity contribution in [2.75, 3.05) is 0 Å². The van der Waals surface area contributed by atoms with E-state index in [1.54, 1.807) is 0 Å². The van der Waals surface area contributed by atoms with Crippen LogP contribution in [-0.4, -0.2) is 31.0 Å². The molecule has 0 spiro atoms. The van der Waals surface area contributed by atoms with Gasteiger partial charge in [0.1, 0.15) is 5.65 Å². The summed E-state index contributed by atoms with van der Waals surface area (Å²) in [5, 5.41) is 9.99. The van der Waals surface area contributed by atoms with Gasteiger partial charge in [0.15, 0.2) is 0 Å². The second-order valence-corrected chi connectivity index (χ2v) is 7.69. The summed E-state index contributed by atoms with van der Waals surface area (Å²) in [6.45, 7) is 1.96. The Bertz CT molecular complexity index is 1440. The summed E-state index contributed by atoms with van der Waals surface area (Å²) in [5.41, 5.74) is 8.04. The Morgan fingerprint density at radius 3 is 2.50 bits per heavy atom. The summed E-state index contributed by atoms with van der Waals surface area (Å²) in [7, 11) is 0. The Labute approximate surface area is 184 Å². The molecule has 0 atom stereocenters. The zero-order valence-corrected chi connectivity index (χ0v) is 17.4. The van der Waals surface area contributed by atoms with Gasteiger partial charge in [0, 0.05) is 40.8 Å². The lowest BCUT2D eigenvalue weighted by atomic mass is 9.99. The minimum absolute atomic E-state index is 0.0107. The highest BCUT2D eigenvalue weighted by molar-refractivity contribution is 5.95. The third-order valence-corrected chi connectivity index (χ3v) is 5.37. The van der Waals surface area contributed by atoms with Gasteiger partial charge < -0.3 is 10.1 Å². The highest BCUT2D eigenvalue weighted by atomic mass is 16.4. The average Bonchev–Trinajstić information content (AvgIpc) is 3.27. The van der Waals surface area contributed by atoms with Crippen LogP contribution in [0.1, 0.15) is 11.3 Å². The van der Waals surface area contributed by atoms with Gasteiger partial charge in [0.25, 0.3) is 0 Å². The zero-order valence-electron chi connectivity index (χ0n) is 17.4. The molecular weight excluding hydrogens is 400 g/mol. The summed E-state index contributed by atoms with van der Waals surface area (Å²) < 4.78 is 0. The largest absolute Gasteiger partial charge is 0.481 e. The number of hydrogen-bond donors (Lipinski definition) is 2. The van der Waals surface area contributed by atoms with Crippen molar-refractivity contribution in [2.24, 2.45) is 0 Å². The number of aliphatic carboxylic acids is 1. The Kier molecular flexibility index (Phi) is 4.95. The first-order valence-electron chi connectivity index (χ1n) is 10.3. The molecule has 0 aliphatic rings. The van der Waals surface area contributed by atoms with Gasteiger partial charge in [-0.05, 0) is 53.9 Å². The number of aryl methyl sites for hydroxylation is 1. The molecule has 0 radical (unpaired) electrons. The van der Waals surface area contributed by atoms with E-state index in [2.05, 4.69) is 27.1 Å². The number of pyridine rings is 3. The topological polar surface area (TPSA) is 91.8 Å². The number of nitrogens with zero attached hydrogens (tertiary/aromatic N) is 3. The van der Waals surface area contributed by atoms with Gasteiger partial charge in [0.05, 0.1) is 17.8 Å². The minimum atomic E-state index is -0.839. The normalized spacial score (nSPS) is 11.0. The minimum Gasteiger partial charge on any atom is -0.481 e. The van der Waals surface area contributed by atoms with Crippen molar-refractivity contribution < 1.29 is 9.90 Å². The lowest BCUT2D eigenvalue weighted by Gasteiger charge is -2.10. The maximum Gasteiger partial charge on any atom is 0.307 e. The molecule has 6 heteroatoms. The maximum atomic E-state index is 10.9. The van der Waals surface area contributed by atoms with E-state index in [-0.39, 0.29) is 6.42 Å². The molecule has 6 nitrogen and oxygen atoms in total. The smallest absolute Gasteiger partial charge is 0.307 e. The highest BCUT2D eigenvalue weighted by Crippen LogP contribution is 2.33. The van der Waals surface area contributed by atoms with Crippen molar-refractivity contribution in [1.29, 1.82) is 0 Å². The predicted molar refractivity (Wildman–Crippen MR) is 124 cm³/mol. The monoisotopic (exact) mass is 420 g/mol. The van der Waals surface area contributed by atoms with E-state index in [1.165, 1.54) is 0 Å². The summed E-state index contributed by atoms with van der Waals surface area (Å²) in [4.78, 5) is 28.0. The molecule has 2 N–H and O–H groups in total. The van der Waals surface area contributed by atoms with Gasteiger partial charge in [-0.2, -0.15) is 0 Å². The molecule has 0 bridgehead atoms. The van der Waals surface area contributed by atoms with E-state index in [0.29, 0.717) is 0 Å². The van der Waals surface area contributed by atoms with Crippen LogP contribution in [0.3, 0.4) is 0 Å². The van der Waals surface area contributed by atoms with Crippen molar-refractivity contribution in [3.63, 3.8) is 0 Å². The van der Waals surface area contributed by atoms with Crippen LogP contribution in [0.4, 0.5) is 0 Å². The van der Waals surface area contributed by atoms with Crippen LogP contribution in [0.25, 0.3) is 44.7 Å². The first kappa shape index (κ1) is 19.6. The summed E-state index contributed by atoms with van der Waals surface area (Å²) >= 11 is 0. The SMILES string of the molecule is Cc1cccc(-c2cc(-c3cncc(-c4ccc(CC(=O)O)cc4)c3)c3cc[nH]c3n2)n1. The van der Waals surface area contributed by atoms with Crippen molar-refractivity contribution in [3.8, 4) is 33.6 Å². The van der Waals surface area contributed by atoms with Crippen molar-refractivity contribution in [2.45, 2.75) is 13.3 Å². The molecule has 0 saturated carbocycles. The van der Waals surface area contributed by atoms with Gasteiger partial charge in [-0.15, -0.1) is 0 Å². The van der Waals surface area contributed by atoms with Crippen LogP contribution in [0.15, 0.2) is 79.3 Å². The number of aromatic amines is 1. The Balaban J connectivity index is 1.59. The number of carboxylic acid groups (broad SMARTS) is 1. The Morgan fingerprint density at radius 2 is 1.72 bits per heavy atom. The molecule has 1 aromatic carbocycles. The fraction of sp³-hybridized carbons (Fsp3) is 0.0769. The molecule has 0 saturated heterocycles. The summed E-state index contributed by atoms with van der Waals surface area (Å²) in [6, 6.07) is 19.6. The molecule has 0 aliphatic heterocycles. The molecule has 156 valence electrons. The first-order valence-corrected chi connectivity index (χ1v) is 10.3. The number of nitrogens with one attached hydrogen (secondary N) is 1. The van der Waals surface area contributed by atoms with Gasteiger partial charge in [-0.1, -0.05) is 30.3 Å². The first-order chi connectivity index (χ1) is 15.6. The molecule has 0 fully saturated rings. The molecule has 32 heavy (non-hydrogen) atoms. The van der Waals surface area contributed by atoms with Crippen LogP contribution < -0.4 is 0 Å². The number of carbonyl (C=O) groups is 1. The van der Waals surface area contributed by atoms with Gasteiger partial charge in [0.2, 0.25) is 0 Å². The number of hydrogen-bond acceptors (Lipinski definition) is 4. The summed E-state index contributed by atoms with van der Waals surface area (Å²) in [5.74, 6) is -0.839. The second-order valence-electron chi connectivity index (χ2n) is 7.69. The van der Waals surface area contributed by atoms with Crippen LogP contribution in [-0.2, 0) is 11.2 Å². The standard InChI is InChI=1S/C26H20N4O2/c1-16-3-2-4-23(29-16)24-13-22(21-9-10-28-26(21)30-24)20-12-19(14-27-15-20)18-7-5-17(6-8-18)11-25(31)32/h2-10,12-15H,11H2,1H3,(H,28,30)(H,31,32). The number of fused-ring (bicyclic) bond motifs is 1. The van der Waals surface area contributed by atoms with Crippen molar-refractivity contribution in [1.82, 2.24) is 19.9 Å². The van der Waals surface area contributed by atoms with Gasteiger partial charge in [-0.25, -0.2) is 4.98 Å². The molecule has 0 aliphatic carbocycles. The lowest BCUT2D eigenvalue weighted by molar-refractivity contribution is -0.136. The third kappa shape index (κ3) is 3.86. The summed E-state index contributed by atoms with van der Waals surface area (Å²) in [6.07, 6.45) is 5.55. The molecule has 0 amide bonds. The third-order valence-electron chi connectivity index (χ3n) is 5.37. The number of H-pyrrole nitrogens is 1. The van der Waals surface area contributed by atoms with E-state index < -0.39 is 5.97 Å².